The summed E-state index contributed by atoms with van der Waals surface area (Å²) in [6.45, 7) is 5.11. The standard InChI is InChI=1S/C43H83NO/c1-3-5-7-9-11-13-15-17-19-20-21-22-23-24-25-26-27-28-29-31-33-35-37-39-41-43(45)44-42-40-38-36-34-32-30-18-16-14-12-10-8-6-4-2/h3-37,39,41-42H2,1-2H3,(H,44,45). The van der Waals surface area contributed by atoms with Crippen molar-refractivity contribution in [2.45, 2.75) is 251 Å². The molecule has 0 aromatic carbocycles. The van der Waals surface area contributed by atoms with Gasteiger partial charge in [0.2, 0.25) is 5.91 Å². The molecule has 0 atom stereocenters. The molecule has 0 aromatic rings. The van der Waals surface area contributed by atoms with Crippen molar-refractivity contribution in [2.75, 3.05) is 6.54 Å². The van der Waals surface area contributed by atoms with Crippen LogP contribution in [0.2, 0.25) is 0 Å². The molecular weight excluding hydrogens is 546 g/mol. The molecule has 2 nitrogen and oxygen atoms in total. The van der Waals surface area contributed by atoms with Crippen molar-refractivity contribution in [3.8, 4) is 11.8 Å². The van der Waals surface area contributed by atoms with Crippen LogP contribution < -0.4 is 5.32 Å². The van der Waals surface area contributed by atoms with E-state index in [4.69, 9.17) is 0 Å². The van der Waals surface area contributed by atoms with Crippen molar-refractivity contribution >= 4 is 5.91 Å². The molecule has 0 fully saturated rings. The molecule has 1 amide bonds. The first-order valence-corrected chi connectivity index (χ1v) is 21.0. The fraction of sp³-hybridized carbons (Fsp3) is 0.930. The van der Waals surface area contributed by atoms with Crippen molar-refractivity contribution in [3.63, 3.8) is 0 Å². The first kappa shape index (κ1) is 44.0. The quantitative estimate of drug-likeness (QED) is 0.0537. The van der Waals surface area contributed by atoms with Crippen LogP contribution in [0.3, 0.4) is 0 Å². The topological polar surface area (TPSA) is 29.1 Å². The summed E-state index contributed by atoms with van der Waals surface area (Å²) in [4.78, 5) is 12.0. The lowest BCUT2D eigenvalue weighted by Crippen LogP contribution is -2.23. The fourth-order valence-corrected chi connectivity index (χ4v) is 6.51. The predicted octanol–water partition coefficient (Wildman–Crippen LogP) is 14.6. The van der Waals surface area contributed by atoms with Crippen molar-refractivity contribution in [1.82, 2.24) is 5.32 Å². The molecule has 0 saturated heterocycles. The third-order valence-corrected chi connectivity index (χ3v) is 9.66. The molecule has 0 aliphatic heterocycles. The molecule has 266 valence electrons. The Morgan fingerprint density at radius 3 is 0.933 bits per heavy atom. The lowest BCUT2D eigenvalue weighted by Gasteiger charge is -2.04. The minimum absolute atomic E-state index is 0.179. The Morgan fingerprint density at radius 1 is 0.356 bits per heavy atom. The number of hydrogen-bond acceptors (Lipinski definition) is 1. The molecule has 0 saturated carbocycles. The van der Waals surface area contributed by atoms with Gasteiger partial charge < -0.3 is 5.32 Å². The number of rotatable bonds is 37. The van der Waals surface area contributed by atoms with Crippen LogP contribution in [0.4, 0.5) is 0 Å². The second-order valence-electron chi connectivity index (χ2n) is 14.3. The molecule has 0 bridgehead atoms. The number of carbonyl (C=O) groups excluding carboxylic acids is 1. The zero-order chi connectivity index (χ0) is 32.6. The smallest absolute Gasteiger partial charge is 0.220 e. The van der Waals surface area contributed by atoms with Crippen LogP contribution in [0.25, 0.3) is 0 Å². The molecule has 2 heteroatoms. The van der Waals surface area contributed by atoms with E-state index in [1.165, 1.54) is 218 Å². The molecule has 1 N–H and O–H groups in total. The molecule has 45 heavy (non-hydrogen) atoms. The molecule has 0 rings (SSSR count). The zero-order valence-electron chi connectivity index (χ0n) is 31.3. The highest BCUT2D eigenvalue weighted by Gasteiger charge is 2.00. The summed E-state index contributed by atoms with van der Waals surface area (Å²) in [6.07, 6.45) is 50.5. The van der Waals surface area contributed by atoms with E-state index in [1.54, 1.807) is 0 Å². The summed E-state index contributed by atoms with van der Waals surface area (Å²) in [5.41, 5.74) is 0. The SMILES string of the molecule is CCCCCCCCCCCCCC#CCNC(=O)CCCCCCCCCCCCCCCCCCCCCCCCCC. The van der Waals surface area contributed by atoms with Crippen molar-refractivity contribution in [1.29, 1.82) is 0 Å². The first-order chi connectivity index (χ1) is 22.3. The monoisotopic (exact) mass is 630 g/mol. The van der Waals surface area contributed by atoms with E-state index >= 15 is 0 Å². The largest absolute Gasteiger partial charge is 0.345 e. The third kappa shape index (κ3) is 41.0. The Kier molecular flexibility index (Phi) is 40.2. The molecule has 0 spiro atoms. The van der Waals surface area contributed by atoms with E-state index in [0.29, 0.717) is 13.0 Å². The van der Waals surface area contributed by atoms with Crippen LogP contribution in [-0.4, -0.2) is 12.5 Å². The lowest BCUT2D eigenvalue weighted by molar-refractivity contribution is -0.120. The first-order valence-electron chi connectivity index (χ1n) is 21.0. The minimum Gasteiger partial charge on any atom is -0.345 e. The fourth-order valence-electron chi connectivity index (χ4n) is 6.51. The maximum atomic E-state index is 12.0. The van der Waals surface area contributed by atoms with Gasteiger partial charge in [0.25, 0.3) is 0 Å². The lowest BCUT2D eigenvalue weighted by atomic mass is 10.0. The number of unbranched alkanes of at least 4 members (excludes halogenated alkanes) is 34. The van der Waals surface area contributed by atoms with Crippen LogP contribution in [0.1, 0.15) is 251 Å². The predicted molar refractivity (Wildman–Crippen MR) is 203 cm³/mol. The van der Waals surface area contributed by atoms with Gasteiger partial charge in [0, 0.05) is 12.8 Å². The highest BCUT2D eigenvalue weighted by atomic mass is 16.1. The Labute approximate surface area is 285 Å². The Bertz CT molecular complexity index is 617. The normalized spacial score (nSPS) is 11.1. The van der Waals surface area contributed by atoms with Gasteiger partial charge in [0.05, 0.1) is 6.54 Å². The molecule has 0 aliphatic carbocycles. The van der Waals surface area contributed by atoms with Crippen molar-refractivity contribution < 1.29 is 4.79 Å². The molecule has 0 aromatic heterocycles. The van der Waals surface area contributed by atoms with E-state index in [-0.39, 0.29) is 5.91 Å². The van der Waals surface area contributed by atoms with Crippen LogP contribution in [0, 0.1) is 11.8 Å². The Morgan fingerprint density at radius 2 is 0.622 bits per heavy atom. The zero-order valence-corrected chi connectivity index (χ0v) is 31.3. The van der Waals surface area contributed by atoms with Gasteiger partial charge in [-0.1, -0.05) is 232 Å². The van der Waals surface area contributed by atoms with Crippen LogP contribution in [-0.2, 0) is 4.79 Å². The molecule has 0 unspecified atom stereocenters. The van der Waals surface area contributed by atoms with Gasteiger partial charge in [-0.3, -0.25) is 4.79 Å². The second-order valence-corrected chi connectivity index (χ2v) is 14.3. The van der Waals surface area contributed by atoms with E-state index in [9.17, 15) is 4.79 Å². The van der Waals surface area contributed by atoms with E-state index in [0.717, 1.165) is 12.8 Å². The van der Waals surface area contributed by atoms with Gasteiger partial charge in [0.15, 0.2) is 0 Å². The molecular formula is C43H83NO. The number of hydrogen-bond donors (Lipinski definition) is 1. The molecule has 0 heterocycles. The summed E-state index contributed by atoms with van der Waals surface area (Å²) in [5, 5.41) is 2.98. The highest BCUT2D eigenvalue weighted by molar-refractivity contribution is 5.76. The van der Waals surface area contributed by atoms with Crippen LogP contribution in [0.15, 0.2) is 0 Å². The van der Waals surface area contributed by atoms with Gasteiger partial charge in [-0.25, -0.2) is 0 Å². The summed E-state index contributed by atoms with van der Waals surface area (Å²) in [5.74, 6) is 6.56. The summed E-state index contributed by atoms with van der Waals surface area (Å²) in [6, 6.07) is 0. The minimum atomic E-state index is 0.179. The number of amides is 1. The second kappa shape index (κ2) is 41.1. The van der Waals surface area contributed by atoms with Gasteiger partial charge in [0.1, 0.15) is 0 Å². The van der Waals surface area contributed by atoms with E-state index < -0.39 is 0 Å². The average molecular weight is 630 g/mol. The van der Waals surface area contributed by atoms with Crippen molar-refractivity contribution in [2.24, 2.45) is 0 Å². The summed E-state index contributed by atoms with van der Waals surface area (Å²) >= 11 is 0. The average Bonchev–Trinajstić information content (AvgIpc) is 3.05. The number of carbonyl (C=O) groups is 1. The highest BCUT2D eigenvalue weighted by Crippen LogP contribution is 2.16. The van der Waals surface area contributed by atoms with E-state index in [1.807, 2.05) is 0 Å². The van der Waals surface area contributed by atoms with Gasteiger partial charge in [-0.15, -0.1) is 5.92 Å². The van der Waals surface area contributed by atoms with Gasteiger partial charge in [-0.2, -0.15) is 0 Å². The third-order valence-electron chi connectivity index (χ3n) is 9.66. The van der Waals surface area contributed by atoms with Crippen LogP contribution in [0.5, 0.6) is 0 Å². The van der Waals surface area contributed by atoms with Crippen molar-refractivity contribution in [3.05, 3.63) is 0 Å². The Balaban J connectivity index is 3.20. The Hall–Kier alpha value is -0.970. The van der Waals surface area contributed by atoms with Gasteiger partial charge >= 0.3 is 0 Å². The summed E-state index contributed by atoms with van der Waals surface area (Å²) < 4.78 is 0. The maximum Gasteiger partial charge on any atom is 0.220 e. The molecule has 0 aliphatic rings. The number of nitrogens with one attached hydrogen (secondary N) is 1. The van der Waals surface area contributed by atoms with Crippen LogP contribution >= 0.6 is 0 Å². The molecule has 0 radical (unpaired) electrons. The van der Waals surface area contributed by atoms with E-state index in [2.05, 4.69) is 31.0 Å². The maximum absolute atomic E-state index is 12.0. The summed E-state index contributed by atoms with van der Waals surface area (Å²) in [7, 11) is 0. The van der Waals surface area contributed by atoms with Gasteiger partial charge in [-0.05, 0) is 12.8 Å².